The van der Waals surface area contributed by atoms with Crippen molar-refractivity contribution in [2.45, 2.75) is 18.1 Å². The van der Waals surface area contributed by atoms with Gasteiger partial charge in [-0.1, -0.05) is 0 Å². The van der Waals surface area contributed by atoms with E-state index >= 15 is 0 Å². The predicted octanol–water partition coefficient (Wildman–Crippen LogP) is 4.64. The Kier molecular flexibility index (Phi) is 12.1. The van der Waals surface area contributed by atoms with Crippen LogP contribution in [0.2, 0.25) is 0 Å². The standard InChI is InChI=1S/C7H6F8O2.C2H4.CH3F/c1-4(9)17-7(14,15)5(10,11)3-16-6(12,13)2-8;2*1-2/h1-3H2;1-2H2;1H3. The smallest absolute Gasteiger partial charge is 0.402 e. The lowest BCUT2D eigenvalue weighted by atomic mass is 10.3. The highest BCUT2D eigenvalue weighted by atomic mass is 19.3. The molecule has 0 saturated heterocycles. The molecule has 0 aromatic heterocycles. The molecule has 21 heavy (non-hydrogen) atoms. The third kappa shape index (κ3) is 10.0. The second-order valence-electron chi connectivity index (χ2n) is 2.74. The fraction of sp³-hybridized carbons (Fsp3) is 0.600. The first-order valence-electron chi connectivity index (χ1n) is 4.68. The summed E-state index contributed by atoms with van der Waals surface area (Å²) in [6.07, 6.45) is -10.1. The summed E-state index contributed by atoms with van der Waals surface area (Å²) in [7, 11) is 0.500. The van der Waals surface area contributed by atoms with E-state index in [0.717, 1.165) is 0 Å². The third-order valence-corrected chi connectivity index (χ3v) is 1.28. The molecule has 0 radical (unpaired) electrons. The first kappa shape index (κ1) is 24.6. The Morgan fingerprint density at radius 2 is 1.38 bits per heavy atom. The van der Waals surface area contributed by atoms with E-state index in [9.17, 15) is 39.5 Å². The highest BCUT2D eigenvalue weighted by Crippen LogP contribution is 2.38. The minimum atomic E-state index is -5.45. The fourth-order valence-corrected chi connectivity index (χ4v) is 0.533. The molecule has 11 heteroatoms. The SMILES string of the molecule is C=C.C=C(F)OC(F)(F)C(F)(F)COC(F)(F)CF.CF. The van der Waals surface area contributed by atoms with Gasteiger partial charge in [0.2, 0.25) is 0 Å². The average Bonchev–Trinajstić information content (AvgIpc) is 2.40. The molecule has 0 atom stereocenters. The van der Waals surface area contributed by atoms with Gasteiger partial charge in [0.25, 0.3) is 6.01 Å². The summed E-state index contributed by atoms with van der Waals surface area (Å²) < 4.78 is 112. The molecule has 0 fully saturated rings. The maximum absolute atomic E-state index is 12.6. The van der Waals surface area contributed by atoms with Crippen LogP contribution < -0.4 is 0 Å². The van der Waals surface area contributed by atoms with Crippen molar-refractivity contribution in [1.29, 1.82) is 0 Å². The van der Waals surface area contributed by atoms with Gasteiger partial charge in [-0.25, -0.2) is 4.39 Å². The van der Waals surface area contributed by atoms with Gasteiger partial charge in [-0.2, -0.15) is 30.7 Å². The molecule has 0 saturated carbocycles. The van der Waals surface area contributed by atoms with Crippen molar-refractivity contribution in [2.24, 2.45) is 0 Å². The molecule has 0 aromatic rings. The van der Waals surface area contributed by atoms with Crippen LogP contribution in [-0.2, 0) is 9.47 Å². The van der Waals surface area contributed by atoms with E-state index in [1.165, 1.54) is 0 Å². The zero-order valence-corrected chi connectivity index (χ0v) is 10.8. The van der Waals surface area contributed by atoms with Gasteiger partial charge >= 0.3 is 18.1 Å². The molecule has 0 heterocycles. The van der Waals surface area contributed by atoms with Gasteiger partial charge in [-0.15, -0.1) is 13.2 Å². The molecule has 0 aliphatic carbocycles. The van der Waals surface area contributed by atoms with Crippen molar-refractivity contribution in [1.82, 2.24) is 0 Å². The Morgan fingerprint density at radius 3 is 1.67 bits per heavy atom. The summed E-state index contributed by atoms with van der Waals surface area (Å²) >= 11 is 0. The van der Waals surface area contributed by atoms with Crippen LogP contribution in [0.3, 0.4) is 0 Å². The number of alkyl halides is 8. The molecule has 0 rings (SSSR count). The van der Waals surface area contributed by atoms with Crippen molar-refractivity contribution in [3.05, 3.63) is 25.7 Å². The average molecular weight is 336 g/mol. The molecular weight excluding hydrogens is 323 g/mol. The zero-order chi connectivity index (χ0) is 17.9. The van der Waals surface area contributed by atoms with Crippen LogP contribution >= 0.6 is 0 Å². The molecule has 0 spiro atoms. The van der Waals surface area contributed by atoms with Crippen molar-refractivity contribution >= 4 is 0 Å². The minimum absolute atomic E-state index is 0.500. The maximum Gasteiger partial charge on any atom is 0.468 e. The van der Waals surface area contributed by atoms with E-state index in [1.807, 2.05) is 0 Å². The lowest BCUT2D eigenvalue weighted by molar-refractivity contribution is -0.368. The number of hydrogen-bond acceptors (Lipinski definition) is 2. The van der Waals surface area contributed by atoms with E-state index in [0.29, 0.717) is 7.18 Å². The number of halogens is 9. The molecule has 0 bridgehead atoms. The molecule has 2 nitrogen and oxygen atoms in total. The van der Waals surface area contributed by atoms with E-state index in [2.05, 4.69) is 29.2 Å². The molecule has 0 N–H and O–H groups in total. The quantitative estimate of drug-likeness (QED) is 0.383. The van der Waals surface area contributed by atoms with Gasteiger partial charge in [0.1, 0.15) is 6.61 Å². The Bertz CT molecular complexity index is 294. The van der Waals surface area contributed by atoms with Crippen molar-refractivity contribution in [2.75, 3.05) is 20.5 Å². The van der Waals surface area contributed by atoms with E-state index in [-0.39, 0.29) is 0 Å². The van der Waals surface area contributed by atoms with Crippen LogP contribution in [0, 0.1) is 0 Å². The van der Waals surface area contributed by atoms with Gasteiger partial charge in [0.15, 0.2) is 6.67 Å². The van der Waals surface area contributed by atoms with Crippen molar-refractivity contribution in [3.8, 4) is 0 Å². The van der Waals surface area contributed by atoms with Gasteiger partial charge in [-0.05, 0) is 6.58 Å². The first-order valence-corrected chi connectivity index (χ1v) is 4.68. The second-order valence-corrected chi connectivity index (χ2v) is 2.74. The van der Waals surface area contributed by atoms with Gasteiger partial charge < -0.3 is 9.47 Å². The summed E-state index contributed by atoms with van der Waals surface area (Å²) in [5.74, 6) is -5.29. The predicted molar refractivity (Wildman–Crippen MR) is 56.4 cm³/mol. The Morgan fingerprint density at radius 1 is 1.00 bits per heavy atom. The van der Waals surface area contributed by atoms with Gasteiger partial charge in [-0.3, -0.25) is 4.39 Å². The number of hydrogen-bond donors (Lipinski definition) is 0. The van der Waals surface area contributed by atoms with Crippen LogP contribution in [0.4, 0.5) is 39.5 Å². The van der Waals surface area contributed by atoms with Crippen LogP contribution in [0.15, 0.2) is 25.7 Å². The van der Waals surface area contributed by atoms with Crippen molar-refractivity contribution < 1.29 is 49.0 Å². The van der Waals surface area contributed by atoms with Gasteiger partial charge in [0, 0.05) is 0 Å². The molecule has 0 unspecified atom stereocenters. The molecule has 128 valence electrons. The second kappa shape index (κ2) is 10.4. The van der Waals surface area contributed by atoms with Crippen molar-refractivity contribution in [3.63, 3.8) is 0 Å². The summed E-state index contributed by atoms with van der Waals surface area (Å²) in [6.45, 7) is 3.08. The third-order valence-electron chi connectivity index (χ3n) is 1.28. The largest absolute Gasteiger partial charge is 0.468 e. The highest BCUT2D eigenvalue weighted by Gasteiger charge is 2.61. The number of ether oxygens (including phenoxy) is 2. The van der Waals surface area contributed by atoms with Gasteiger partial charge in [0.05, 0.1) is 7.18 Å². The normalized spacial score (nSPS) is 11.5. The van der Waals surface area contributed by atoms with E-state index < -0.39 is 37.4 Å². The molecule has 0 amide bonds. The molecular formula is C10H13F9O2. The topological polar surface area (TPSA) is 18.5 Å². The van der Waals surface area contributed by atoms with E-state index in [1.54, 1.807) is 0 Å². The zero-order valence-electron chi connectivity index (χ0n) is 10.8. The van der Waals surface area contributed by atoms with Crippen LogP contribution in [0.25, 0.3) is 0 Å². The molecule has 0 aliphatic heterocycles. The summed E-state index contributed by atoms with van der Waals surface area (Å²) in [5.41, 5.74) is 0. The maximum atomic E-state index is 12.6. The van der Waals surface area contributed by atoms with Crippen LogP contribution in [0.5, 0.6) is 0 Å². The number of rotatable bonds is 7. The summed E-state index contributed by atoms with van der Waals surface area (Å²) in [5, 5.41) is 0. The highest BCUT2D eigenvalue weighted by molar-refractivity contribution is 4.81. The van der Waals surface area contributed by atoms with Crippen LogP contribution in [0.1, 0.15) is 0 Å². The summed E-state index contributed by atoms with van der Waals surface area (Å²) in [4.78, 5) is 0. The first-order chi connectivity index (χ1) is 9.43. The lowest BCUT2D eigenvalue weighted by Crippen LogP contribution is -2.47. The Hall–Kier alpha value is -1.39. The van der Waals surface area contributed by atoms with E-state index in [4.69, 9.17) is 0 Å². The molecule has 0 aliphatic rings. The fourth-order valence-electron chi connectivity index (χ4n) is 0.533. The summed E-state index contributed by atoms with van der Waals surface area (Å²) in [6, 6.07) is -2.24. The monoisotopic (exact) mass is 336 g/mol. The minimum Gasteiger partial charge on any atom is -0.402 e. The Balaban J connectivity index is -0.000000739. The lowest BCUT2D eigenvalue weighted by Gasteiger charge is -2.26. The van der Waals surface area contributed by atoms with Crippen LogP contribution in [-0.4, -0.2) is 38.6 Å². The Labute approximate surface area is 114 Å². The molecule has 0 aromatic carbocycles.